The van der Waals surface area contributed by atoms with Gasteiger partial charge in [0.1, 0.15) is 5.75 Å². The number of likely N-dealkylation sites (tertiary alicyclic amines) is 1. The molecule has 122 valence electrons. The number of rotatable bonds is 6. The van der Waals surface area contributed by atoms with Gasteiger partial charge in [0, 0.05) is 25.6 Å². The Hall–Kier alpha value is -1.26. The lowest BCUT2D eigenvalue weighted by Gasteiger charge is -2.34. The first-order chi connectivity index (χ1) is 10.6. The van der Waals surface area contributed by atoms with Crippen molar-refractivity contribution in [2.75, 3.05) is 19.7 Å². The van der Waals surface area contributed by atoms with E-state index in [-0.39, 0.29) is 11.9 Å². The van der Waals surface area contributed by atoms with Crippen molar-refractivity contribution in [1.82, 2.24) is 4.90 Å². The zero-order chi connectivity index (χ0) is 15.9. The summed E-state index contributed by atoms with van der Waals surface area (Å²) in [5.41, 5.74) is 5.96. The number of carbonyl (C=O) groups is 1. The second-order valence-electron chi connectivity index (χ2n) is 5.98. The van der Waals surface area contributed by atoms with Crippen LogP contribution >= 0.6 is 11.6 Å². The number of nitrogens with two attached hydrogens (primary N) is 1. The van der Waals surface area contributed by atoms with Crippen molar-refractivity contribution in [3.05, 3.63) is 29.3 Å². The smallest absolute Gasteiger partial charge is 0.222 e. The van der Waals surface area contributed by atoms with Gasteiger partial charge in [-0.15, -0.1) is 0 Å². The molecule has 1 aromatic rings. The molecule has 0 bridgehead atoms. The maximum Gasteiger partial charge on any atom is 0.222 e. The van der Waals surface area contributed by atoms with Crippen LogP contribution in [0, 0.1) is 5.92 Å². The molecular formula is C17H25ClN2O2. The van der Waals surface area contributed by atoms with Crippen LogP contribution in [0.25, 0.3) is 0 Å². The van der Waals surface area contributed by atoms with E-state index in [0.717, 1.165) is 25.9 Å². The van der Waals surface area contributed by atoms with Crippen LogP contribution in [0.15, 0.2) is 24.3 Å². The van der Waals surface area contributed by atoms with Crippen molar-refractivity contribution in [3.63, 3.8) is 0 Å². The number of nitrogens with zero attached hydrogens (tertiary/aromatic N) is 1. The maximum absolute atomic E-state index is 12.2. The topological polar surface area (TPSA) is 55.6 Å². The highest BCUT2D eigenvalue weighted by Gasteiger charge is 2.25. The second-order valence-corrected chi connectivity index (χ2v) is 6.39. The normalized spacial score (nSPS) is 19.8. The van der Waals surface area contributed by atoms with Crippen molar-refractivity contribution < 1.29 is 9.53 Å². The van der Waals surface area contributed by atoms with E-state index in [4.69, 9.17) is 22.1 Å². The lowest BCUT2D eigenvalue weighted by Crippen LogP contribution is -2.45. The zero-order valence-corrected chi connectivity index (χ0v) is 13.9. The molecule has 2 N–H and O–H groups in total. The van der Waals surface area contributed by atoms with Gasteiger partial charge in [0.25, 0.3) is 0 Å². The third-order valence-corrected chi connectivity index (χ3v) is 4.50. The Labute approximate surface area is 137 Å². The van der Waals surface area contributed by atoms with Crippen LogP contribution in [-0.2, 0) is 4.79 Å². The van der Waals surface area contributed by atoms with Gasteiger partial charge in [-0.25, -0.2) is 0 Å². The standard InChI is InChI=1S/C17H25ClN2O2/c1-13(19)14-6-4-10-20(12-14)17(21)9-5-11-22-16-8-3-2-7-15(16)18/h2-3,7-8,13-14H,4-6,9-12,19H2,1H3/t13-,14-/m0/s1. The Morgan fingerprint density at radius 3 is 3.00 bits per heavy atom. The van der Waals surface area contributed by atoms with Crippen LogP contribution in [0.2, 0.25) is 5.02 Å². The first-order valence-electron chi connectivity index (χ1n) is 7.98. The molecule has 0 unspecified atom stereocenters. The predicted octanol–water partition coefficient (Wildman–Crippen LogP) is 3.08. The summed E-state index contributed by atoms with van der Waals surface area (Å²) < 4.78 is 5.61. The van der Waals surface area contributed by atoms with Crippen LogP contribution in [0.3, 0.4) is 0 Å². The highest BCUT2D eigenvalue weighted by molar-refractivity contribution is 6.32. The number of benzene rings is 1. The molecule has 22 heavy (non-hydrogen) atoms. The van der Waals surface area contributed by atoms with Crippen LogP contribution in [0.4, 0.5) is 0 Å². The molecule has 0 radical (unpaired) electrons. The minimum atomic E-state index is 0.152. The first kappa shape index (κ1) is 17.1. The van der Waals surface area contributed by atoms with Crippen molar-refractivity contribution >= 4 is 17.5 Å². The summed E-state index contributed by atoms with van der Waals surface area (Å²) in [5, 5.41) is 0.602. The van der Waals surface area contributed by atoms with Crippen molar-refractivity contribution in [3.8, 4) is 5.75 Å². The number of para-hydroxylation sites is 1. The van der Waals surface area contributed by atoms with Crippen molar-refractivity contribution in [2.45, 2.75) is 38.6 Å². The lowest BCUT2D eigenvalue weighted by molar-refractivity contribution is -0.133. The van der Waals surface area contributed by atoms with Crippen molar-refractivity contribution in [2.24, 2.45) is 11.7 Å². The van der Waals surface area contributed by atoms with Gasteiger partial charge in [-0.3, -0.25) is 4.79 Å². The van der Waals surface area contributed by atoms with Gasteiger partial charge in [-0.1, -0.05) is 23.7 Å². The molecule has 0 aromatic heterocycles. The van der Waals surface area contributed by atoms with Gasteiger partial charge in [-0.05, 0) is 44.2 Å². The zero-order valence-electron chi connectivity index (χ0n) is 13.1. The molecule has 1 aliphatic rings. The monoisotopic (exact) mass is 324 g/mol. The van der Waals surface area contributed by atoms with Gasteiger partial charge < -0.3 is 15.4 Å². The van der Waals surface area contributed by atoms with Crippen LogP contribution in [0.1, 0.15) is 32.6 Å². The third-order valence-electron chi connectivity index (χ3n) is 4.18. The minimum Gasteiger partial charge on any atom is -0.492 e. The fraction of sp³-hybridized carbons (Fsp3) is 0.588. The van der Waals surface area contributed by atoms with E-state index in [2.05, 4.69) is 0 Å². The third kappa shape index (κ3) is 4.89. The van der Waals surface area contributed by atoms with E-state index in [9.17, 15) is 4.79 Å². The summed E-state index contributed by atoms with van der Waals surface area (Å²) in [6.07, 6.45) is 3.38. The number of hydrogen-bond acceptors (Lipinski definition) is 3. The van der Waals surface area contributed by atoms with Crippen LogP contribution in [0.5, 0.6) is 5.75 Å². The number of ether oxygens (including phenoxy) is 1. The number of amides is 1. The molecule has 0 spiro atoms. The van der Waals surface area contributed by atoms with E-state index in [0.29, 0.717) is 36.1 Å². The van der Waals surface area contributed by atoms with E-state index in [1.54, 1.807) is 6.07 Å². The molecule has 4 nitrogen and oxygen atoms in total. The molecule has 1 heterocycles. The number of halogens is 1. The van der Waals surface area contributed by atoms with E-state index < -0.39 is 0 Å². The molecule has 1 amide bonds. The number of hydrogen-bond donors (Lipinski definition) is 1. The van der Waals surface area contributed by atoms with Gasteiger partial charge >= 0.3 is 0 Å². The Kier molecular flexibility index (Phi) is 6.52. The minimum absolute atomic E-state index is 0.152. The quantitative estimate of drug-likeness (QED) is 0.818. The second kappa shape index (κ2) is 8.39. The SMILES string of the molecule is C[C@H](N)[C@H]1CCCN(C(=O)CCCOc2ccccc2Cl)C1. The fourth-order valence-corrected chi connectivity index (χ4v) is 2.98. The largest absolute Gasteiger partial charge is 0.492 e. The molecule has 1 aromatic carbocycles. The predicted molar refractivity (Wildman–Crippen MR) is 89.1 cm³/mol. The van der Waals surface area contributed by atoms with Gasteiger partial charge in [-0.2, -0.15) is 0 Å². The number of piperidine rings is 1. The van der Waals surface area contributed by atoms with E-state index >= 15 is 0 Å². The molecule has 2 rings (SSSR count). The Balaban J connectivity index is 1.70. The molecular weight excluding hydrogens is 300 g/mol. The average Bonchev–Trinajstić information content (AvgIpc) is 2.53. The summed E-state index contributed by atoms with van der Waals surface area (Å²) in [6.45, 7) is 4.17. The molecule has 5 heteroatoms. The summed E-state index contributed by atoms with van der Waals surface area (Å²) in [7, 11) is 0. The van der Waals surface area contributed by atoms with E-state index in [1.807, 2.05) is 30.0 Å². The Morgan fingerprint density at radius 1 is 1.50 bits per heavy atom. The van der Waals surface area contributed by atoms with Crippen LogP contribution in [-0.4, -0.2) is 36.5 Å². The van der Waals surface area contributed by atoms with E-state index in [1.165, 1.54) is 0 Å². The highest BCUT2D eigenvalue weighted by atomic mass is 35.5. The van der Waals surface area contributed by atoms with Gasteiger partial charge in [0.15, 0.2) is 0 Å². The van der Waals surface area contributed by atoms with Crippen molar-refractivity contribution in [1.29, 1.82) is 0 Å². The molecule has 1 fully saturated rings. The number of carbonyl (C=O) groups excluding carboxylic acids is 1. The molecule has 2 atom stereocenters. The highest BCUT2D eigenvalue weighted by Crippen LogP contribution is 2.23. The Bertz CT molecular complexity index is 493. The molecule has 0 saturated carbocycles. The Morgan fingerprint density at radius 2 is 2.27 bits per heavy atom. The molecule has 0 aliphatic carbocycles. The molecule has 1 saturated heterocycles. The summed E-state index contributed by atoms with van der Waals surface area (Å²) in [6, 6.07) is 7.53. The summed E-state index contributed by atoms with van der Waals surface area (Å²) >= 11 is 6.02. The summed E-state index contributed by atoms with van der Waals surface area (Å²) in [4.78, 5) is 14.2. The maximum atomic E-state index is 12.2. The van der Waals surface area contributed by atoms with Gasteiger partial charge in [0.2, 0.25) is 5.91 Å². The first-order valence-corrected chi connectivity index (χ1v) is 8.36. The average molecular weight is 325 g/mol. The molecule has 1 aliphatic heterocycles. The van der Waals surface area contributed by atoms with Crippen LogP contribution < -0.4 is 10.5 Å². The lowest BCUT2D eigenvalue weighted by atomic mass is 9.92. The summed E-state index contributed by atoms with van der Waals surface area (Å²) in [5.74, 6) is 1.30. The van der Waals surface area contributed by atoms with Gasteiger partial charge in [0.05, 0.1) is 11.6 Å². The fourth-order valence-electron chi connectivity index (χ4n) is 2.79.